The highest BCUT2D eigenvalue weighted by Crippen LogP contribution is 2.65. The number of rotatable bonds is 2. The number of carbonyl (C=O) groups excluding carboxylic acids is 1. The second-order valence-electron chi connectivity index (χ2n) is 8.50. The Morgan fingerprint density at radius 1 is 1.25 bits per heavy atom. The van der Waals surface area contributed by atoms with Crippen LogP contribution in [0.15, 0.2) is 23.8 Å². The summed E-state index contributed by atoms with van der Waals surface area (Å²) in [5.74, 6) is 0.159. The molecule has 0 saturated heterocycles. The fourth-order valence-electron chi connectivity index (χ4n) is 6.68. The van der Waals surface area contributed by atoms with E-state index in [1.165, 1.54) is 5.57 Å². The third kappa shape index (κ3) is 1.95. The summed E-state index contributed by atoms with van der Waals surface area (Å²) in [5.41, 5.74) is 0.749. The SMILES string of the molecule is C[C@]12C=CC(=O)C=C1CC[C@H]1[C@@H]3CCC(C(=O)O)[C@@]3(CO)CC[C@@H]12. The van der Waals surface area contributed by atoms with E-state index in [9.17, 15) is 19.8 Å². The summed E-state index contributed by atoms with van der Waals surface area (Å²) >= 11 is 0. The van der Waals surface area contributed by atoms with E-state index in [0.717, 1.165) is 32.1 Å². The minimum Gasteiger partial charge on any atom is -0.481 e. The van der Waals surface area contributed by atoms with Gasteiger partial charge < -0.3 is 10.2 Å². The van der Waals surface area contributed by atoms with E-state index < -0.39 is 17.3 Å². The van der Waals surface area contributed by atoms with E-state index in [1.54, 1.807) is 6.08 Å². The number of carboxylic acids is 1. The van der Waals surface area contributed by atoms with Crippen LogP contribution >= 0.6 is 0 Å². The standard InChI is InChI=1S/C20H26O4/c1-19-8-6-13(22)10-12(19)2-3-14-15(19)7-9-20(11-21)16(14)4-5-17(20)18(23)24/h6,8,10,14-17,21H,2-5,7,9,11H2,1H3,(H,23,24)/t14-,15+,16+,17?,19+,20-/m1/s1. The Kier molecular flexibility index (Phi) is 3.54. The van der Waals surface area contributed by atoms with Crippen molar-refractivity contribution in [1.82, 2.24) is 0 Å². The molecule has 0 aromatic carbocycles. The highest BCUT2D eigenvalue weighted by molar-refractivity contribution is 6.01. The van der Waals surface area contributed by atoms with Crippen LogP contribution in [0.25, 0.3) is 0 Å². The second kappa shape index (κ2) is 5.29. The summed E-state index contributed by atoms with van der Waals surface area (Å²) in [6.07, 6.45) is 10.9. The first kappa shape index (κ1) is 16.1. The van der Waals surface area contributed by atoms with Gasteiger partial charge in [-0.3, -0.25) is 9.59 Å². The molecule has 0 heterocycles. The summed E-state index contributed by atoms with van der Waals surface area (Å²) in [4.78, 5) is 23.5. The lowest BCUT2D eigenvalue weighted by Gasteiger charge is -2.57. The van der Waals surface area contributed by atoms with Gasteiger partial charge in [-0.05, 0) is 68.4 Å². The van der Waals surface area contributed by atoms with Gasteiger partial charge in [0.2, 0.25) is 0 Å². The zero-order valence-electron chi connectivity index (χ0n) is 14.2. The molecule has 24 heavy (non-hydrogen) atoms. The number of aliphatic hydroxyl groups excluding tert-OH is 1. The smallest absolute Gasteiger partial charge is 0.307 e. The molecule has 0 aromatic heterocycles. The number of aliphatic carboxylic acids is 1. The number of aliphatic hydroxyl groups is 1. The zero-order chi connectivity index (χ0) is 17.1. The minimum atomic E-state index is -0.740. The average Bonchev–Trinajstić information content (AvgIpc) is 2.95. The van der Waals surface area contributed by atoms with Crippen molar-refractivity contribution < 1.29 is 19.8 Å². The molecule has 130 valence electrons. The number of carboxylic acid groups (broad SMARTS) is 1. The Bertz CT molecular complexity index is 648. The van der Waals surface area contributed by atoms with Crippen molar-refractivity contribution in [2.24, 2.45) is 34.5 Å². The monoisotopic (exact) mass is 330 g/mol. The Hall–Kier alpha value is -1.42. The largest absolute Gasteiger partial charge is 0.481 e. The molecule has 0 radical (unpaired) electrons. The first-order valence-electron chi connectivity index (χ1n) is 9.20. The van der Waals surface area contributed by atoms with Crippen LogP contribution in [-0.4, -0.2) is 28.6 Å². The fraction of sp³-hybridized carbons (Fsp3) is 0.700. The first-order valence-corrected chi connectivity index (χ1v) is 9.20. The zero-order valence-corrected chi connectivity index (χ0v) is 14.2. The summed E-state index contributed by atoms with van der Waals surface area (Å²) in [6, 6.07) is 0. The Morgan fingerprint density at radius 3 is 2.75 bits per heavy atom. The van der Waals surface area contributed by atoms with Crippen LogP contribution in [0, 0.1) is 34.5 Å². The molecule has 0 aromatic rings. The number of hydrogen-bond donors (Lipinski definition) is 2. The molecular weight excluding hydrogens is 304 g/mol. The Balaban J connectivity index is 1.70. The Morgan fingerprint density at radius 2 is 2.04 bits per heavy atom. The van der Waals surface area contributed by atoms with E-state index in [-0.39, 0.29) is 17.8 Å². The lowest BCUT2D eigenvalue weighted by Crippen LogP contribution is -2.52. The van der Waals surface area contributed by atoms with Crippen LogP contribution in [0.5, 0.6) is 0 Å². The van der Waals surface area contributed by atoms with E-state index in [0.29, 0.717) is 24.2 Å². The van der Waals surface area contributed by atoms with Crippen molar-refractivity contribution in [3.63, 3.8) is 0 Å². The molecule has 4 aliphatic rings. The predicted octanol–water partition coefficient (Wildman–Crippen LogP) is 2.97. The van der Waals surface area contributed by atoms with Crippen molar-refractivity contribution in [2.75, 3.05) is 6.61 Å². The molecule has 4 aliphatic carbocycles. The first-order chi connectivity index (χ1) is 11.4. The molecule has 1 unspecified atom stereocenters. The number of allylic oxidation sites excluding steroid dienone is 4. The van der Waals surface area contributed by atoms with Crippen molar-refractivity contribution in [2.45, 2.75) is 45.4 Å². The van der Waals surface area contributed by atoms with Gasteiger partial charge in [-0.25, -0.2) is 0 Å². The van der Waals surface area contributed by atoms with Crippen LogP contribution in [0.4, 0.5) is 0 Å². The molecule has 0 bridgehead atoms. The molecule has 4 nitrogen and oxygen atoms in total. The van der Waals surface area contributed by atoms with Gasteiger partial charge >= 0.3 is 5.97 Å². The lowest BCUT2D eigenvalue weighted by atomic mass is 9.47. The number of carbonyl (C=O) groups is 2. The number of fused-ring (bicyclic) bond motifs is 5. The normalized spacial score (nSPS) is 46.8. The number of ketones is 1. The van der Waals surface area contributed by atoms with Gasteiger partial charge in [0.25, 0.3) is 0 Å². The van der Waals surface area contributed by atoms with Crippen LogP contribution in [0.2, 0.25) is 0 Å². The van der Waals surface area contributed by atoms with E-state index in [2.05, 4.69) is 13.0 Å². The van der Waals surface area contributed by atoms with Gasteiger partial charge in [0.15, 0.2) is 5.78 Å². The van der Waals surface area contributed by atoms with Gasteiger partial charge in [-0.15, -0.1) is 0 Å². The summed E-state index contributed by atoms with van der Waals surface area (Å²) in [7, 11) is 0. The van der Waals surface area contributed by atoms with Crippen molar-refractivity contribution in [1.29, 1.82) is 0 Å². The van der Waals surface area contributed by atoms with Crippen LogP contribution in [0.3, 0.4) is 0 Å². The van der Waals surface area contributed by atoms with E-state index in [1.807, 2.05) is 6.08 Å². The third-order valence-corrected chi connectivity index (χ3v) is 7.87. The fourth-order valence-corrected chi connectivity index (χ4v) is 6.68. The van der Waals surface area contributed by atoms with Crippen molar-refractivity contribution in [3.8, 4) is 0 Å². The maximum absolute atomic E-state index is 11.8. The second-order valence-corrected chi connectivity index (χ2v) is 8.50. The van der Waals surface area contributed by atoms with Gasteiger partial charge in [0.05, 0.1) is 5.92 Å². The van der Waals surface area contributed by atoms with Crippen molar-refractivity contribution >= 4 is 11.8 Å². The van der Waals surface area contributed by atoms with Crippen LogP contribution in [-0.2, 0) is 9.59 Å². The minimum absolute atomic E-state index is 0.00834. The molecule has 3 saturated carbocycles. The molecule has 0 spiro atoms. The third-order valence-electron chi connectivity index (χ3n) is 7.87. The Labute approximate surface area is 142 Å². The lowest BCUT2D eigenvalue weighted by molar-refractivity contribution is -0.152. The topological polar surface area (TPSA) is 74.6 Å². The molecule has 2 N–H and O–H groups in total. The maximum atomic E-state index is 11.8. The predicted molar refractivity (Wildman–Crippen MR) is 89.2 cm³/mol. The average molecular weight is 330 g/mol. The summed E-state index contributed by atoms with van der Waals surface area (Å²) in [5, 5.41) is 19.8. The van der Waals surface area contributed by atoms with E-state index in [4.69, 9.17) is 0 Å². The molecular formula is C20H26O4. The molecule has 0 aliphatic heterocycles. The highest BCUT2D eigenvalue weighted by atomic mass is 16.4. The molecule has 4 rings (SSSR count). The molecule has 4 heteroatoms. The van der Waals surface area contributed by atoms with Crippen LogP contribution in [0.1, 0.15) is 45.4 Å². The van der Waals surface area contributed by atoms with Crippen molar-refractivity contribution in [3.05, 3.63) is 23.8 Å². The van der Waals surface area contributed by atoms with Gasteiger partial charge in [-0.1, -0.05) is 18.6 Å². The van der Waals surface area contributed by atoms with Gasteiger partial charge in [0, 0.05) is 17.4 Å². The van der Waals surface area contributed by atoms with Gasteiger partial charge in [-0.2, -0.15) is 0 Å². The molecule has 0 amide bonds. The highest BCUT2D eigenvalue weighted by Gasteiger charge is 2.61. The molecule has 3 fully saturated rings. The number of hydrogen-bond acceptors (Lipinski definition) is 3. The van der Waals surface area contributed by atoms with E-state index >= 15 is 0 Å². The van der Waals surface area contributed by atoms with Crippen LogP contribution < -0.4 is 0 Å². The summed E-state index contributed by atoms with van der Waals surface area (Å²) in [6.45, 7) is 2.24. The summed E-state index contributed by atoms with van der Waals surface area (Å²) < 4.78 is 0. The molecule has 6 atom stereocenters. The van der Waals surface area contributed by atoms with Gasteiger partial charge in [0.1, 0.15) is 0 Å². The maximum Gasteiger partial charge on any atom is 0.307 e. The quantitative estimate of drug-likeness (QED) is 0.816.